The van der Waals surface area contributed by atoms with Gasteiger partial charge in [0.15, 0.2) is 5.78 Å². The Bertz CT molecular complexity index is 777. The van der Waals surface area contributed by atoms with Gasteiger partial charge in [0.25, 0.3) is 0 Å². The van der Waals surface area contributed by atoms with Crippen molar-refractivity contribution in [3.8, 4) is 0 Å². The van der Waals surface area contributed by atoms with E-state index < -0.39 is 22.7 Å². The molecule has 6 fully saturated rings. The van der Waals surface area contributed by atoms with Crippen LogP contribution >= 0.6 is 0 Å². The molecular formula is C22H30O6. The molecule has 6 heteroatoms. The zero-order chi connectivity index (χ0) is 20.1. The van der Waals surface area contributed by atoms with E-state index in [-0.39, 0.29) is 41.5 Å². The minimum Gasteiger partial charge on any atom is -0.465 e. The Hall–Kier alpha value is -1.24. The predicted molar refractivity (Wildman–Crippen MR) is 98.8 cm³/mol. The van der Waals surface area contributed by atoms with Gasteiger partial charge in [-0.3, -0.25) is 9.59 Å². The highest BCUT2D eigenvalue weighted by atomic mass is 16.6. The van der Waals surface area contributed by atoms with Gasteiger partial charge in [-0.2, -0.15) is 0 Å². The Morgan fingerprint density at radius 1 is 1.36 bits per heavy atom. The quantitative estimate of drug-likeness (QED) is 0.553. The van der Waals surface area contributed by atoms with Crippen molar-refractivity contribution in [2.45, 2.75) is 64.3 Å². The number of rotatable bonds is 2. The van der Waals surface area contributed by atoms with Crippen LogP contribution in [0.4, 0.5) is 0 Å². The van der Waals surface area contributed by atoms with E-state index in [2.05, 4.69) is 6.58 Å². The molecule has 6 nitrogen and oxygen atoms in total. The maximum atomic E-state index is 13.4. The van der Waals surface area contributed by atoms with Crippen LogP contribution in [0.1, 0.15) is 52.4 Å². The fourth-order valence-electron chi connectivity index (χ4n) is 8.16. The number of hydrogen-bond donors (Lipinski definition) is 2. The van der Waals surface area contributed by atoms with Crippen LogP contribution in [-0.2, 0) is 19.1 Å². The molecule has 8 atom stereocenters. The fourth-order valence-corrected chi connectivity index (χ4v) is 8.16. The van der Waals surface area contributed by atoms with E-state index in [0.29, 0.717) is 18.6 Å². The third kappa shape index (κ3) is 1.86. The summed E-state index contributed by atoms with van der Waals surface area (Å²) in [4.78, 5) is 24.9. The summed E-state index contributed by atoms with van der Waals surface area (Å²) in [5.74, 6) is -2.58. The molecule has 2 heterocycles. The Labute approximate surface area is 165 Å². The van der Waals surface area contributed by atoms with Gasteiger partial charge in [0.2, 0.25) is 5.79 Å². The molecule has 0 aromatic heterocycles. The molecule has 2 saturated heterocycles. The minimum absolute atomic E-state index is 0.0351. The van der Waals surface area contributed by atoms with Crippen molar-refractivity contribution in [3.05, 3.63) is 12.2 Å². The molecule has 28 heavy (non-hydrogen) atoms. The van der Waals surface area contributed by atoms with Gasteiger partial charge in [-0.1, -0.05) is 19.9 Å². The molecule has 4 saturated carbocycles. The number of ether oxygens (including phenoxy) is 2. The summed E-state index contributed by atoms with van der Waals surface area (Å²) in [6.07, 6.45) is 3.67. The number of aliphatic hydroxyl groups is 2. The second kappa shape index (κ2) is 5.46. The predicted octanol–water partition coefficient (Wildman–Crippen LogP) is 1.98. The highest BCUT2D eigenvalue weighted by Gasteiger charge is 2.83. The highest BCUT2D eigenvalue weighted by molar-refractivity contribution is 6.04. The molecule has 4 bridgehead atoms. The number of ketones is 1. The van der Waals surface area contributed by atoms with E-state index in [1.807, 2.05) is 6.92 Å². The summed E-state index contributed by atoms with van der Waals surface area (Å²) >= 11 is 0. The van der Waals surface area contributed by atoms with Crippen molar-refractivity contribution in [2.75, 3.05) is 13.2 Å². The van der Waals surface area contributed by atoms with Crippen molar-refractivity contribution >= 4 is 11.8 Å². The second-order valence-electron chi connectivity index (χ2n) is 10.3. The summed E-state index contributed by atoms with van der Waals surface area (Å²) in [5.41, 5.74) is -1.34. The van der Waals surface area contributed by atoms with Gasteiger partial charge in [0.1, 0.15) is 6.10 Å². The van der Waals surface area contributed by atoms with E-state index in [4.69, 9.17) is 9.47 Å². The maximum absolute atomic E-state index is 13.4. The minimum atomic E-state index is -1.89. The van der Waals surface area contributed by atoms with Crippen LogP contribution in [0.25, 0.3) is 0 Å². The summed E-state index contributed by atoms with van der Waals surface area (Å²) in [5, 5.41) is 23.3. The second-order valence-corrected chi connectivity index (χ2v) is 10.3. The number of esters is 1. The van der Waals surface area contributed by atoms with Crippen LogP contribution < -0.4 is 0 Å². The molecule has 154 valence electrons. The first-order valence-corrected chi connectivity index (χ1v) is 10.5. The first-order chi connectivity index (χ1) is 13.1. The molecule has 0 aromatic carbocycles. The monoisotopic (exact) mass is 390 g/mol. The van der Waals surface area contributed by atoms with Crippen molar-refractivity contribution in [2.24, 2.45) is 34.0 Å². The van der Waals surface area contributed by atoms with Gasteiger partial charge in [-0.05, 0) is 49.5 Å². The van der Waals surface area contributed by atoms with Crippen LogP contribution in [0, 0.1) is 34.0 Å². The molecular weight excluding hydrogens is 360 g/mol. The Balaban J connectivity index is 1.65. The van der Waals surface area contributed by atoms with Gasteiger partial charge in [0.05, 0.1) is 18.6 Å². The third-order valence-electron chi connectivity index (χ3n) is 9.13. The van der Waals surface area contributed by atoms with Crippen LogP contribution in [0.2, 0.25) is 0 Å². The number of Topliss-reactive ketones (excluding diaryl/α,β-unsaturated/α-hetero) is 1. The summed E-state index contributed by atoms with van der Waals surface area (Å²) in [7, 11) is 0. The normalized spacial score (nSPS) is 54.3. The van der Waals surface area contributed by atoms with Gasteiger partial charge < -0.3 is 19.7 Å². The summed E-state index contributed by atoms with van der Waals surface area (Å²) in [6, 6.07) is 0. The smallest absolute Gasteiger partial charge is 0.302 e. The molecule has 4 aliphatic carbocycles. The lowest BCUT2D eigenvalue weighted by Gasteiger charge is -2.73. The third-order valence-corrected chi connectivity index (χ3v) is 9.13. The standard InChI is InChI=1S/C22H30O6/c1-12-14-5-6-15-20-8-4-7-19(3,10-27-13(2)23)16(20)18(25)22(26,28-11-20)21(15,9-14)17(12)24/h14-16,18,25-26H,1,4-11H2,2-3H3/t14-,15+,16-,18+,19+,20-,21-,22-/m1/s1. The van der Waals surface area contributed by atoms with Gasteiger partial charge >= 0.3 is 5.97 Å². The summed E-state index contributed by atoms with van der Waals surface area (Å²) < 4.78 is 11.4. The van der Waals surface area contributed by atoms with E-state index in [1.54, 1.807) is 0 Å². The molecule has 2 N–H and O–H groups in total. The lowest BCUT2D eigenvalue weighted by Crippen LogP contribution is -2.81. The lowest BCUT2D eigenvalue weighted by atomic mass is 9.36. The Morgan fingerprint density at radius 2 is 2.11 bits per heavy atom. The van der Waals surface area contributed by atoms with E-state index in [9.17, 15) is 19.8 Å². The molecule has 0 unspecified atom stereocenters. The van der Waals surface area contributed by atoms with Gasteiger partial charge in [-0.25, -0.2) is 0 Å². The number of allylic oxidation sites excluding steroid dienone is 1. The molecule has 2 spiro atoms. The average Bonchev–Trinajstić information content (AvgIpc) is 2.84. The van der Waals surface area contributed by atoms with Gasteiger partial charge in [0, 0.05) is 23.7 Å². The number of hydrogen-bond acceptors (Lipinski definition) is 6. The molecule has 6 rings (SSSR count). The van der Waals surface area contributed by atoms with Crippen LogP contribution in [0.3, 0.4) is 0 Å². The Kier molecular flexibility index (Phi) is 3.66. The van der Waals surface area contributed by atoms with Gasteiger partial charge in [-0.15, -0.1) is 0 Å². The van der Waals surface area contributed by atoms with Crippen molar-refractivity contribution < 1.29 is 29.3 Å². The molecule has 6 aliphatic rings. The fraction of sp³-hybridized carbons (Fsp3) is 0.818. The van der Waals surface area contributed by atoms with Crippen molar-refractivity contribution in [3.63, 3.8) is 0 Å². The molecule has 0 aromatic rings. The molecule has 0 amide bonds. The van der Waals surface area contributed by atoms with Crippen LogP contribution in [0.5, 0.6) is 0 Å². The van der Waals surface area contributed by atoms with E-state index in [1.165, 1.54) is 6.92 Å². The number of fused-ring (bicyclic) bond motifs is 2. The molecule has 0 radical (unpaired) electrons. The first kappa shape index (κ1) is 18.8. The zero-order valence-corrected chi connectivity index (χ0v) is 16.7. The maximum Gasteiger partial charge on any atom is 0.302 e. The SMILES string of the molecule is C=C1C(=O)[C@@]23C[C@H]1CC[C@H]2[C@]12CCC[C@@](C)(COC(C)=O)[C@H]1[C@H](O)[C@@]3(O)OC2. The summed E-state index contributed by atoms with van der Waals surface area (Å²) in [6.45, 7) is 8.02. The van der Waals surface area contributed by atoms with E-state index >= 15 is 0 Å². The number of carbonyl (C=O) groups excluding carboxylic acids is 2. The lowest BCUT2D eigenvalue weighted by molar-refractivity contribution is -0.439. The van der Waals surface area contributed by atoms with Crippen LogP contribution in [-0.4, -0.2) is 47.1 Å². The van der Waals surface area contributed by atoms with Crippen LogP contribution in [0.15, 0.2) is 12.2 Å². The Morgan fingerprint density at radius 3 is 2.82 bits per heavy atom. The first-order valence-electron chi connectivity index (χ1n) is 10.5. The van der Waals surface area contributed by atoms with E-state index in [0.717, 1.165) is 32.1 Å². The molecule has 2 aliphatic heterocycles. The average molecular weight is 390 g/mol. The highest BCUT2D eigenvalue weighted by Crippen LogP contribution is 2.76. The number of aliphatic hydroxyl groups excluding tert-OH is 1. The topological polar surface area (TPSA) is 93.1 Å². The van der Waals surface area contributed by atoms with Crippen molar-refractivity contribution in [1.82, 2.24) is 0 Å². The zero-order valence-electron chi connectivity index (χ0n) is 16.7. The largest absolute Gasteiger partial charge is 0.465 e. The number of carbonyl (C=O) groups is 2. The van der Waals surface area contributed by atoms with Crippen molar-refractivity contribution in [1.29, 1.82) is 0 Å².